The molecule has 4 nitrogen and oxygen atoms in total. The van der Waals surface area contributed by atoms with E-state index >= 15 is 0 Å². The van der Waals surface area contributed by atoms with Crippen LogP contribution in [0.4, 0.5) is 0 Å². The molecule has 3 aliphatic heterocycles. The summed E-state index contributed by atoms with van der Waals surface area (Å²) in [5.41, 5.74) is 1.28. The van der Waals surface area contributed by atoms with E-state index in [1.54, 1.807) is 0 Å². The number of amides is 1. The van der Waals surface area contributed by atoms with Gasteiger partial charge in [0.2, 0.25) is 0 Å². The molecular weight excluding hydrogens is 264 g/mol. The summed E-state index contributed by atoms with van der Waals surface area (Å²) in [6, 6.07) is 8.26. The lowest BCUT2D eigenvalue weighted by Gasteiger charge is -2.44. The summed E-state index contributed by atoms with van der Waals surface area (Å²) in [7, 11) is 0. The number of benzene rings is 1. The number of hydrogen-bond donors (Lipinski definition) is 1. The predicted molar refractivity (Wildman–Crippen MR) is 82.4 cm³/mol. The van der Waals surface area contributed by atoms with Crippen molar-refractivity contribution in [1.29, 1.82) is 0 Å². The maximum absolute atomic E-state index is 12.0. The van der Waals surface area contributed by atoms with E-state index in [1.165, 1.54) is 31.5 Å². The van der Waals surface area contributed by atoms with Crippen LogP contribution in [-0.2, 0) is 11.2 Å². The Morgan fingerprint density at radius 2 is 2.00 bits per heavy atom. The molecule has 0 radical (unpaired) electrons. The van der Waals surface area contributed by atoms with Gasteiger partial charge < -0.3 is 15.0 Å². The molecule has 4 rings (SSSR count). The molecule has 0 aliphatic carbocycles. The molecule has 1 N–H and O–H groups in total. The standard InChI is InChI=1S/C17H24N2O2/c1-2-13-3-5-15(6-4-13)21-12-17(20)18-16-11-19-9-7-14(16)8-10-19/h3-6,14,16H,2,7-12H2,1H3,(H,18,20). The van der Waals surface area contributed by atoms with Crippen molar-refractivity contribution in [2.45, 2.75) is 32.2 Å². The Hall–Kier alpha value is -1.55. The van der Waals surface area contributed by atoms with E-state index in [-0.39, 0.29) is 12.5 Å². The van der Waals surface area contributed by atoms with E-state index in [4.69, 9.17) is 4.74 Å². The highest BCUT2D eigenvalue weighted by Crippen LogP contribution is 2.27. The van der Waals surface area contributed by atoms with Crippen LogP contribution in [0.15, 0.2) is 24.3 Å². The van der Waals surface area contributed by atoms with Crippen LogP contribution >= 0.6 is 0 Å². The average Bonchev–Trinajstić information content (AvgIpc) is 2.54. The minimum absolute atomic E-state index is 0.00619. The summed E-state index contributed by atoms with van der Waals surface area (Å²) in [5.74, 6) is 1.41. The van der Waals surface area contributed by atoms with Crippen LogP contribution in [0.2, 0.25) is 0 Å². The minimum Gasteiger partial charge on any atom is -0.484 e. The Balaban J connectivity index is 1.45. The zero-order chi connectivity index (χ0) is 14.7. The highest BCUT2D eigenvalue weighted by molar-refractivity contribution is 5.78. The van der Waals surface area contributed by atoms with Gasteiger partial charge in [0.15, 0.2) is 6.61 Å². The lowest BCUT2D eigenvalue weighted by atomic mass is 9.84. The maximum Gasteiger partial charge on any atom is 0.258 e. The third kappa shape index (κ3) is 3.56. The number of nitrogens with zero attached hydrogens (tertiary/aromatic N) is 1. The van der Waals surface area contributed by atoms with Gasteiger partial charge in [-0.05, 0) is 56.0 Å². The molecule has 1 atom stereocenters. The summed E-state index contributed by atoms with van der Waals surface area (Å²) < 4.78 is 5.56. The molecule has 3 aliphatic rings. The predicted octanol–water partition coefficient (Wildman–Crippen LogP) is 1.84. The minimum atomic E-state index is -0.00619. The third-order valence-electron chi connectivity index (χ3n) is 4.70. The normalized spacial score (nSPS) is 27.4. The fraction of sp³-hybridized carbons (Fsp3) is 0.588. The molecule has 3 heterocycles. The molecule has 1 unspecified atom stereocenters. The van der Waals surface area contributed by atoms with Crippen LogP contribution in [0.3, 0.4) is 0 Å². The summed E-state index contributed by atoms with van der Waals surface area (Å²) in [5, 5.41) is 3.14. The molecule has 3 saturated heterocycles. The number of hydrogen-bond acceptors (Lipinski definition) is 3. The fourth-order valence-electron chi connectivity index (χ4n) is 3.35. The molecule has 0 aromatic heterocycles. The zero-order valence-electron chi connectivity index (χ0n) is 12.7. The second-order valence-electron chi connectivity index (χ2n) is 6.10. The zero-order valence-corrected chi connectivity index (χ0v) is 12.7. The molecule has 4 heteroatoms. The van der Waals surface area contributed by atoms with Gasteiger partial charge in [0.25, 0.3) is 5.91 Å². The molecule has 3 fully saturated rings. The van der Waals surface area contributed by atoms with Crippen LogP contribution in [-0.4, -0.2) is 43.1 Å². The van der Waals surface area contributed by atoms with Gasteiger partial charge >= 0.3 is 0 Å². The van der Waals surface area contributed by atoms with Crippen molar-refractivity contribution in [2.24, 2.45) is 5.92 Å². The first-order chi connectivity index (χ1) is 10.2. The number of nitrogens with one attached hydrogen (secondary N) is 1. The van der Waals surface area contributed by atoms with Gasteiger partial charge in [0.05, 0.1) is 0 Å². The van der Waals surface area contributed by atoms with Gasteiger partial charge in [-0.15, -0.1) is 0 Å². The van der Waals surface area contributed by atoms with E-state index in [2.05, 4.69) is 17.1 Å². The molecule has 0 saturated carbocycles. The van der Waals surface area contributed by atoms with Gasteiger partial charge in [-0.1, -0.05) is 19.1 Å². The Morgan fingerprint density at radius 3 is 2.57 bits per heavy atom. The summed E-state index contributed by atoms with van der Waals surface area (Å²) in [4.78, 5) is 14.5. The van der Waals surface area contributed by atoms with Gasteiger partial charge in [-0.3, -0.25) is 4.79 Å². The highest BCUT2D eigenvalue weighted by atomic mass is 16.5. The summed E-state index contributed by atoms with van der Waals surface area (Å²) >= 11 is 0. The van der Waals surface area contributed by atoms with Crippen molar-refractivity contribution < 1.29 is 9.53 Å². The average molecular weight is 288 g/mol. The first-order valence-corrected chi connectivity index (χ1v) is 7.98. The van der Waals surface area contributed by atoms with E-state index in [0.717, 1.165) is 18.7 Å². The number of rotatable bonds is 5. The molecule has 1 aromatic rings. The van der Waals surface area contributed by atoms with E-state index in [1.807, 2.05) is 24.3 Å². The molecule has 1 amide bonds. The smallest absolute Gasteiger partial charge is 0.258 e. The van der Waals surface area contributed by atoms with Gasteiger partial charge in [0.1, 0.15) is 5.75 Å². The van der Waals surface area contributed by atoms with E-state index < -0.39 is 0 Å². The van der Waals surface area contributed by atoms with Crippen molar-refractivity contribution in [2.75, 3.05) is 26.2 Å². The summed E-state index contributed by atoms with van der Waals surface area (Å²) in [6.07, 6.45) is 3.44. The number of ether oxygens (including phenoxy) is 1. The number of carbonyl (C=O) groups is 1. The third-order valence-corrected chi connectivity index (χ3v) is 4.70. The molecule has 1 aromatic carbocycles. The maximum atomic E-state index is 12.0. The Bertz CT molecular complexity index is 478. The van der Waals surface area contributed by atoms with E-state index in [0.29, 0.717) is 12.0 Å². The quantitative estimate of drug-likeness (QED) is 0.899. The first kappa shape index (κ1) is 14.4. The highest BCUT2D eigenvalue weighted by Gasteiger charge is 2.34. The second-order valence-corrected chi connectivity index (χ2v) is 6.10. The molecule has 114 valence electrons. The Kier molecular flexibility index (Phi) is 4.44. The lowest BCUT2D eigenvalue weighted by molar-refractivity contribution is -0.125. The van der Waals surface area contributed by atoms with Gasteiger partial charge in [-0.25, -0.2) is 0 Å². The number of fused-ring (bicyclic) bond motifs is 3. The fourth-order valence-corrected chi connectivity index (χ4v) is 3.35. The topological polar surface area (TPSA) is 41.6 Å². The van der Waals surface area contributed by atoms with Crippen molar-refractivity contribution in [3.05, 3.63) is 29.8 Å². The summed E-state index contributed by atoms with van der Waals surface area (Å²) in [6.45, 7) is 5.61. The van der Waals surface area contributed by atoms with Crippen molar-refractivity contribution >= 4 is 5.91 Å². The van der Waals surface area contributed by atoms with Gasteiger partial charge in [-0.2, -0.15) is 0 Å². The number of carbonyl (C=O) groups excluding carboxylic acids is 1. The van der Waals surface area contributed by atoms with Crippen molar-refractivity contribution in [1.82, 2.24) is 10.2 Å². The molecule has 2 bridgehead atoms. The molecule has 0 spiro atoms. The van der Waals surface area contributed by atoms with Crippen LogP contribution in [0, 0.1) is 5.92 Å². The van der Waals surface area contributed by atoms with Crippen LogP contribution in [0.1, 0.15) is 25.3 Å². The van der Waals surface area contributed by atoms with Crippen LogP contribution < -0.4 is 10.1 Å². The largest absolute Gasteiger partial charge is 0.484 e. The monoisotopic (exact) mass is 288 g/mol. The lowest BCUT2D eigenvalue weighted by Crippen LogP contribution is -2.57. The first-order valence-electron chi connectivity index (χ1n) is 7.98. The van der Waals surface area contributed by atoms with E-state index in [9.17, 15) is 4.79 Å². The number of piperidine rings is 3. The molecule has 21 heavy (non-hydrogen) atoms. The second kappa shape index (κ2) is 6.48. The van der Waals surface area contributed by atoms with Crippen LogP contribution in [0.25, 0.3) is 0 Å². The number of aryl methyl sites for hydroxylation is 1. The Morgan fingerprint density at radius 1 is 1.29 bits per heavy atom. The molecular formula is C17H24N2O2. The van der Waals surface area contributed by atoms with Crippen molar-refractivity contribution in [3.8, 4) is 5.75 Å². The Labute approximate surface area is 126 Å². The SMILES string of the molecule is CCc1ccc(OCC(=O)NC2CN3CCC2CC3)cc1. The van der Waals surface area contributed by atoms with Crippen molar-refractivity contribution in [3.63, 3.8) is 0 Å². The van der Waals surface area contributed by atoms with Crippen LogP contribution in [0.5, 0.6) is 5.75 Å². The van der Waals surface area contributed by atoms with Gasteiger partial charge in [0, 0.05) is 12.6 Å².